The van der Waals surface area contributed by atoms with Gasteiger partial charge in [0.05, 0.1) is 6.54 Å². The van der Waals surface area contributed by atoms with E-state index in [-0.39, 0.29) is 11.5 Å². The molecule has 1 N–H and O–H groups in total. The fourth-order valence-electron chi connectivity index (χ4n) is 3.39. The maximum absolute atomic E-state index is 12.8. The molecule has 2 aromatic rings. The number of nitrogens with one attached hydrogen (secondary N) is 1. The molecule has 1 fully saturated rings. The number of carbonyl (C=O) groups excluding carboxylic acids is 1. The number of rotatable bonds is 1. The molecule has 2 aliphatic heterocycles. The highest BCUT2D eigenvalue weighted by molar-refractivity contribution is 6.30. The summed E-state index contributed by atoms with van der Waals surface area (Å²) in [5, 5.41) is 4.05. The van der Waals surface area contributed by atoms with Gasteiger partial charge in [0.2, 0.25) is 0 Å². The van der Waals surface area contributed by atoms with Crippen LogP contribution in [0.1, 0.15) is 16.1 Å². The predicted octanol–water partition coefficient (Wildman–Crippen LogP) is 1.41. The molecule has 0 saturated carbocycles. The third-order valence-corrected chi connectivity index (χ3v) is 4.69. The highest BCUT2D eigenvalue weighted by Crippen LogP contribution is 2.35. The van der Waals surface area contributed by atoms with Crippen molar-refractivity contribution in [2.45, 2.75) is 12.2 Å². The lowest BCUT2D eigenvalue weighted by molar-refractivity contribution is 0.0388. The molecule has 6 heteroatoms. The number of hydrogen-bond acceptors (Lipinski definition) is 3. The smallest absolute Gasteiger partial charge is 0.272 e. The first-order chi connectivity index (χ1) is 10.6. The molecule has 22 heavy (non-hydrogen) atoms. The summed E-state index contributed by atoms with van der Waals surface area (Å²) >= 11 is 5.97. The number of amides is 1. The van der Waals surface area contributed by atoms with Gasteiger partial charge in [-0.15, -0.1) is 0 Å². The van der Waals surface area contributed by atoms with Gasteiger partial charge in [0.1, 0.15) is 11.4 Å². The van der Waals surface area contributed by atoms with Crippen molar-refractivity contribution >= 4 is 17.5 Å². The second-order valence-electron chi connectivity index (χ2n) is 5.59. The highest BCUT2D eigenvalue weighted by atomic mass is 35.5. The Labute approximate surface area is 132 Å². The summed E-state index contributed by atoms with van der Waals surface area (Å²) in [4.78, 5) is 26.8. The highest BCUT2D eigenvalue weighted by Gasteiger charge is 2.49. The van der Waals surface area contributed by atoms with Crippen LogP contribution in [0.25, 0.3) is 0 Å². The van der Waals surface area contributed by atoms with Gasteiger partial charge in [-0.25, -0.2) is 0 Å². The van der Waals surface area contributed by atoms with E-state index in [0.717, 1.165) is 5.56 Å². The van der Waals surface area contributed by atoms with Crippen LogP contribution in [0.15, 0.2) is 47.3 Å². The van der Waals surface area contributed by atoms with Gasteiger partial charge in [-0.3, -0.25) is 19.5 Å². The Bertz CT molecular complexity index is 815. The molecule has 0 spiro atoms. The van der Waals surface area contributed by atoms with E-state index in [1.165, 1.54) is 6.07 Å². The third-order valence-electron chi connectivity index (χ3n) is 4.44. The summed E-state index contributed by atoms with van der Waals surface area (Å²) in [6, 6.07) is 12.2. The Morgan fingerprint density at radius 3 is 2.64 bits per heavy atom. The first kappa shape index (κ1) is 13.5. The topological polar surface area (TPSA) is 54.3 Å². The molecule has 4 rings (SSSR count). The van der Waals surface area contributed by atoms with Gasteiger partial charge in [-0.1, -0.05) is 29.8 Å². The zero-order valence-corrected chi connectivity index (χ0v) is 12.5. The van der Waals surface area contributed by atoms with E-state index in [1.807, 2.05) is 17.0 Å². The van der Waals surface area contributed by atoms with Crippen molar-refractivity contribution in [2.75, 3.05) is 13.1 Å². The zero-order valence-electron chi connectivity index (χ0n) is 11.8. The molecule has 1 unspecified atom stereocenters. The minimum Gasteiger partial charge on any atom is -0.312 e. The van der Waals surface area contributed by atoms with Crippen LogP contribution in [0.2, 0.25) is 5.02 Å². The summed E-state index contributed by atoms with van der Waals surface area (Å²) in [6.07, 6.45) is 0. The maximum atomic E-state index is 12.8. The lowest BCUT2D eigenvalue weighted by Gasteiger charge is -2.43. The van der Waals surface area contributed by atoms with Crippen molar-refractivity contribution in [3.63, 3.8) is 0 Å². The van der Waals surface area contributed by atoms with E-state index in [2.05, 4.69) is 5.32 Å². The van der Waals surface area contributed by atoms with Crippen LogP contribution in [0.5, 0.6) is 0 Å². The van der Waals surface area contributed by atoms with Crippen LogP contribution >= 0.6 is 11.6 Å². The quantitative estimate of drug-likeness (QED) is 0.866. The Morgan fingerprint density at radius 2 is 1.86 bits per heavy atom. The number of hydrogen-bond donors (Lipinski definition) is 1. The molecule has 1 aromatic carbocycles. The Morgan fingerprint density at radius 1 is 1.09 bits per heavy atom. The molecular formula is C16H14ClN3O2. The SMILES string of the molecule is O=C1c2cccc(=O)n2CC2(c3ccc(Cl)cc3)NCCN12. The van der Waals surface area contributed by atoms with E-state index in [1.54, 1.807) is 28.8 Å². The summed E-state index contributed by atoms with van der Waals surface area (Å²) in [5.74, 6) is -0.121. The lowest BCUT2D eigenvalue weighted by Crippen LogP contribution is -2.59. The van der Waals surface area contributed by atoms with Crippen LogP contribution < -0.4 is 10.9 Å². The van der Waals surface area contributed by atoms with Crippen molar-refractivity contribution in [2.24, 2.45) is 0 Å². The number of aromatic nitrogens is 1. The van der Waals surface area contributed by atoms with Gasteiger partial charge in [0.25, 0.3) is 11.5 Å². The molecule has 5 nitrogen and oxygen atoms in total. The average molecular weight is 316 g/mol. The summed E-state index contributed by atoms with van der Waals surface area (Å²) in [6.45, 7) is 1.71. The van der Waals surface area contributed by atoms with E-state index >= 15 is 0 Å². The summed E-state index contributed by atoms with van der Waals surface area (Å²) in [5.41, 5.74) is 0.539. The van der Waals surface area contributed by atoms with E-state index in [9.17, 15) is 9.59 Å². The van der Waals surface area contributed by atoms with Gasteiger partial charge < -0.3 is 4.90 Å². The van der Waals surface area contributed by atoms with Gasteiger partial charge in [-0.05, 0) is 23.8 Å². The first-order valence-corrected chi connectivity index (χ1v) is 7.52. The average Bonchev–Trinajstić information content (AvgIpc) is 2.95. The van der Waals surface area contributed by atoms with Crippen LogP contribution in [0, 0.1) is 0 Å². The molecule has 112 valence electrons. The van der Waals surface area contributed by atoms with E-state index < -0.39 is 5.66 Å². The standard InChI is InChI=1S/C16H14ClN3O2/c17-12-6-4-11(5-7-12)16-10-19-13(2-1-3-14(19)21)15(22)20(16)9-8-18-16/h1-7,18H,8-10H2. The molecule has 0 bridgehead atoms. The monoisotopic (exact) mass is 315 g/mol. The van der Waals surface area contributed by atoms with Crippen molar-refractivity contribution in [1.82, 2.24) is 14.8 Å². The fraction of sp³-hybridized carbons (Fsp3) is 0.250. The number of pyridine rings is 1. The molecule has 1 aromatic heterocycles. The molecule has 0 radical (unpaired) electrons. The van der Waals surface area contributed by atoms with E-state index in [0.29, 0.717) is 30.4 Å². The van der Waals surface area contributed by atoms with Crippen LogP contribution in [-0.2, 0) is 12.2 Å². The third kappa shape index (κ3) is 1.76. The van der Waals surface area contributed by atoms with Gasteiger partial charge in [0.15, 0.2) is 0 Å². The normalized spacial score (nSPS) is 23.3. The summed E-state index contributed by atoms with van der Waals surface area (Å²) in [7, 11) is 0. The van der Waals surface area contributed by atoms with Gasteiger partial charge >= 0.3 is 0 Å². The Balaban J connectivity index is 1.92. The van der Waals surface area contributed by atoms with E-state index in [4.69, 9.17) is 11.6 Å². The molecule has 2 aliphatic rings. The largest absolute Gasteiger partial charge is 0.312 e. The van der Waals surface area contributed by atoms with Crippen molar-refractivity contribution < 1.29 is 4.79 Å². The zero-order chi connectivity index (χ0) is 15.3. The van der Waals surface area contributed by atoms with Crippen LogP contribution in [0.4, 0.5) is 0 Å². The Hall–Kier alpha value is -2.11. The summed E-state index contributed by atoms with van der Waals surface area (Å²) < 4.78 is 1.55. The van der Waals surface area contributed by atoms with Crippen molar-refractivity contribution in [3.05, 3.63) is 69.1 Å². The van der Waals surface area contributed by atoms with Crippen molar-refractivity contribution in [1.29, 1.82) is 0 Å². The number of nitrogens with zero attached hydrogens (tertiary/aromatic N) is 2. The number of benzene rings is 1. The van der Waals surface area contributed by atoms with Crippen molar-refractivity contribution in [3.8, 4) is 0 Å². The molecule has 1 atom stereocenters. The number of halogens is 1. The van der Waals surface area contributed by atoms with Crippen LogP contribution in [-0.4, -0.2) is 28.5 Å². The number of fused-ring (bicyclic) bond motifs is 2. The van der Waals surface area contributed by atoms with Crippen LogP contribution in [0.3, 0.4) is 0 Å². The predicted molar refractivity (Wildman–Crippen MR) is 82.9 cm³/mol. The fourth-order valence-corrected chi connectivity index (χ4v) is 3.51. The maximum Gasteiger partial charge on any atom is 0.272 e. The number of carbonyl (C=O) groups is 1. The molecular weight excluding hydrogens is 302 g/mol. The molecule has 3 heterocycles. The lowest BCUT2D eigenvalue weighted by atomic mass is 9.95. The molecule has 1 amide bonds. The molecule has 0 aliphatic carbocycles. The van der Waals surface area contributed by atoms with Gasteiger partial charge in [0, 0.05) is 24.2 Å². The second kappa shape index (κ2) is 4.69. The minimum atomic E-state index is -0.681. The minimum absolute atomic E-state index is 0.121. The molecule has 1 saturated heterocycles. The first-order valence-electron chi connectivity index (χ1n) is 7.15. The Kier molecular flexibility index (Phi) is 2.89. The van der Waals surface area contributed by atoms with Gasteiger partial charge in [-0.2, -0.15) is 0 Å². The second-order valence-corrected chi connectivity index (χ2v) is 6.02.